The third kappa shape index (κ3) is 4.37. The zero-order valence-electron chi connectivity index (χ0n) is 24.6. The Bertz CT molecular complexity index is 1790. The average Bonchev–Trinajstić information content (AvgIpc) is 3.44. The molecule has 8 rings (SSSR count). The molecule has 0 saturated carbocycles. The van der Waals surface area contributed by atoms with Crippen LogP contribution < -0.4 is 25.8 Å². The summed E-state index contributed by atoms with van der Waals surface area (Å²) >= 11 is 0. The molecule has 3 nitrogen and oxygen atoms in total. The number of para-hydroxylation sites is 1. The molecule has 0 aromatic heterocycles. The monoisotopic (exact) mass is 585 g/mol. The van der Waals surface area contributed by atoms with E-state index in [-0.39, 0.29) is 6.04 Å². The van der Waals surface area contributed by atoms with E-state index in [0.29, 0.717) is 11.5 Å². The molecule has 0 radical (unpaired) electrons. The van der Waals surface area contributed by atoms with Gasteiger partial charge in [0.05, 0.1) is 12.4 Å². The summed E-state index contributed by atoms with van der Waals surface area (Å²) in [6, 6.07) is 54.0. The van der Waals surface area contributed by atoms with E-state index in [1.165, 1.54) is 37.9 Å². The first-order valence-electron chi connectivity index (χ1n) is 15.6. The molecule has 2 heterocycles. The smallest absolute Gasteiger partial charge is 0.154 e. The van der Waals surface area contributed by atoms with Crippen LogP contribution in [-0.4, -0.2) is 27.0 Å². The Hall–Kier alpha value is -4.93. The van der Waals surface area contributed by atoms with Gasteiger partial charge in [-0.1, -0.05) is 146 Å². The highest BCUT2D eigenvalue weighted by atomic mass is 28.3. The lowest BCUT2D eigenvalue weighted by Crippen LogP contribution is -2.70. The highest BCUT2D eigenvalue weighted by molar-refractivity contribution is 7.12. The summed E-state index contributed by atoms with van der Waals surface area (Å²) in [6.07, 6.45) is 8.03. The zero-order chi connectivity index (χ0) is 29.3. The Labute approximate surface area is 260 Å². The number of allylic oxidation sites excluding steroid dienone is 1. The van der Waals surface area contributed by atoms with Gasteiger partial charge in [0.15, 0.2) is 8.07 Å². The van der Waals surface area contributed by atoms with Crippen molar-refractivity contribution in [2.75, 3.05) is 11.4 Å². The number of nitrogens with zero attached hydrogens (tertiary/aromatic N) is 2. The Kier molecular flexibility index (Phi) is 6.84. The zero-order valence-corrected chi connectivity index (χ0v) is 25.6. The predicted octanol–water partition coefficient (Wildman–Crippen LogP) is 6.50. The molecule has 214 valence electrons. The normalized spacial score (nSPS) is 20.6. The number of anilines is 1. The molecule has 3 atom stereocenters. The van der Waals surface area contributed by atoms with Crippen LogP contribution in [0.5, 0.6) is 0 Å². The van der Waals surface area contributed by atoms with Crippen LogP contribution in [0.2, 0.25) is 5.54 Å². The van der Waals surface area contributed by atoms with Gasteiger partial charge in [-0.15, -0.1) is 0 Å². The number of hydrogen-bond donors (Lipinski definition) is 1. The van der Waals surface area contributed by atoms with Gasteiger partial charge < -0.3 is 10.2 Å². The minimum atomic E-state index is -2.55. The molecular formula is C40H35N3Si. The minimum absolute atomic E-state index is 0.259. The number of hydrogen-bond acceptors (Lipinski definition) is 3. The maximum atomic E-state index is 4.92. The van der Waals surface area contributed by atoms with Gasteiger partial charge in [-0.25, -0.2) is 4.99 Å². The molecule has 0 spiro atoms. The number of nitrogens with one attached hydrogen (secondary N) is 1. The highest BCUT2D eigenvalue weighted by Crippen LogP contribution is 2.48. The highest BCUT2D eigenvalue weighted by Gasteiger charge is 2.51. The summed E-state index contributed by atoms with van der Waals surface area (Å²) in [7, 11) is -2.55. The van der Waals surface area contributed by atoms with Crippen LogP contribution >= 0.6 is 0 Å². The molecule has 3 unspecified atom stereocenters. The summed E-state index contributed by atoms with van der Waals surface area (Å²) in [5.74, 6) is 1.50. The molecular weight excluding hydrogens is 551 g/mol. The average molecular weight is 586 g/mol. The van der Waals surface area contributed by atoms with Gasteiger partial charge in [0, 0.05) is 18.2 Å². The van der Waals surface area contributed by atoms with Crippen molar-refractivity contribution in [3.05, 3.63) is 169 Å². The first kappa shape index (κ1) is 26.7. The number of aliphatic imine (C=N–C) groups is 1. The van der Waals surface area contributed by atoms with Crippen LogP contribution in [-0.2, 0) is 0 Å². The molecule has 0 saturated heterocycles. The maximum Gasteiger partial charge on any atom is 0.154 e. The molecule has 0 fully saturated rings. The lowest BCUT2D eigenvalue weighted by molar-refractivity contribution is 0.501. The van der Waals surface area contributed by atoms with Gasteiger partial charge in [0.2, 0.25) is 0 Å². The van der Waals surface area contributed by atoms with Crippen molar-refractivity contribution in [2.24, 2.45) is 10.9 Å². The number of benzene rings is 5. The topological polar surface area (TPSA) is 27.6 Å². The van der Waals surface area contributed by atoms with E-state index in [0.717, 1.165) is 18.8 Å². The van der Waals surface area contributed by atoms with Crippen molar-refractivity contribution in [3.63, 3.8) is 0 Å². The molecule has 44 heavy (non-hydrogen) atoms. The van der Waals surface area contributed by atoms with E-state index >= 15 is 0 Å². The Morgan fingerprint density at radius 1 is 0.591 bits per heavy atom. The Morgan fingerprint density at radius 3 is 1.77 bits per heavy atom. The van der Waals surface area contributed by atoms with Gasteiger partial charge in [0.25, 0.3) is 0 Å². The minimum Gasteiger partial charge on any atom is -0.372 e. The van der Waals surface area contributed by atoms with Crippen molar-refractivity contribution in [3.8, 4) is 11.1 Å². The van der Waals surface area contributed by atoms with E-state index in [9.17, 15) is 0 Å². The standard InChI is InChI=1S/C40H35N3Si/c1-5-13-30(14-6-1)31-21-23-35(24-22-31)44(33-17-9-3-10-18-33,34-19-11-4-12-20-34)36-25-26-39-37(27-36)38-28-41-29-42-40(38)43(39)32-15-7-2-8-16-32/h1-26,29,36-37,39H,27-28H2,(H,41,42). The molecule has 5 aromatic rings. The SMILES string of the molecule is C1=CC([Si](c2ccccc2)(c2ccccc2)c2ccc(-c3ccccc3)cc2)CC2C3=C(N=CNC3)N(c3ccccc3)C12. The second-order valence-electron chi connectivity index (χ2n) is 12.0. The molecule has 1 aliphatic carbocycles. The molecule has 0 amide bonds. The van der Waals surface area contributed by atoms with Gasteiger partial charge in [-0.05, 0) is 56.4 Å². The van der Waals surface area contributed by atoms with E-state index < -0.39 is 8.07 Å². The Morgan fingerprint density at radius 2 is 1.14 bits per heavy atom. The van der Waals surface area contributed by atoms with E-state index in [1.54, 1.807) is 0 Å². The maximum absolute atomic E-state index is 4.92. The van der Waals surface area contributed by atoms with Crippen LogP contribution in [0.25, 0.3) is 11.1 Å². The van der Waals surface area contributed by atoms with Gasteiger partial charge >= 0.3 is 0 Å². The van der Waals surface area contributed by atoms with Gasteiger partial charge in [0.1, 0.15) is 5.82 Å². The van der Waals surface area contributed by atoms with Gasteiger partial charge in [-0.3, -0.25) is 0 Å². The molecule has 4 heteroatoms. The van der Waals surface area contributed by atoms with Crippen LogP contribution in [0.15, 0.2) is 174 Å². The fourth-order valence-corrected chi connectivity index (χ4v) is 13.3. The largest absolute Gasteiger partial charge is 0.372 e. The Balaban J connectivity index is 1.30. The van der Waals surface area contributed by atoms with Crippen LogP contribution in [0.3, 0.4) is 0 Å². The van der Waals surface area contributed by atoms with E-state index in [4.69, 9.17) is 4.99 Å². The van der Waals surface area contributed by atoms with Crippen molar-refractivity contribution in [2.45, 2.75) is 18.0 Å². The van der Waals surface area contributed by atoms with Crippen molar-refractivity contribution >= 4 is 35.7 Å². The van der Waals surface area contributed by atoms with E-state index in [1.807, 2.05) is 6.34 Å². The molecule has 0 bridgehead atoms. The van der Waals surface area contributed by atoms with Crippen LogP contribution in [0.1, 0.15) is 6.42 Å². The molecule has 3 aliphatic rings. The summed E-state index contributed by atoms with van der Waals surface area (Å²) in [4.78, 5) is 7.39. The van der Waals surface area contributed by atoms with E-state index in [2.05, 4.69) is 168 Å². The quantitative estimate of drug-likeness (QED) is 0.140. The lowest BCUT2D eigenvalue weighted by Gasteiger charge is -2.44. The molecule has 2 aliphatic heterocycles. The van der Waals surface area contributed by atoms with Crippen molar-refractivity contribution in [1.29, 1.82) is 0 Å². The first-order chi connectivity index (χ1) is 21.8. The third-order valence-corrected chi connectivity index (χ3v) is 15.1. The lowest BCUT2D eigenvalue weighted by atomic mass is 9.85. The summed E-state index contributed by atoms with van der Waals surface area (Å²) in [5, 5.41) is 7.81. The van der Waals surface area contributed by atoms with Crippen LogP contribution in [0, 0.1) is 5.92 Å². The summed E-state index contributed by atoms with van der Waals surface area (Å²) in [6.45, 7) is 0.848. The first-order valence-corrected chi connectivity index (χ1v) is 17.7. The van der Waals surface area contributed by atoms with Crippen molar-refractivity contribution in [1.82, 2.24) is 5.32 Å². The number of fused-ring (bicyclic) bond motifs is 2. The fraction of sp³-hybridized carbons (Fsp3) is 0.125. The molecule has 1 N–H and O–H groups in total. The third-order valence-electron chi connectivity index (χ3n) is 9.79. The summed E-state index contributed by atoms with van der Waals surface area (Å²) in [5.41, 5.74) is 5.52. The van der Waals surface area contributed by atoms with Gasteiger partial charge in [-0.2, -0.15) is 0 Å². The second kappa shape index (κ2) is 11.3. The van der Waals surface area contributed by atoms with Crippen molar-refractivity contribution < 1.29 is 0 Å². The van der Waals surface area contributed by atoms with Crippen LogP contribution in [0.4, 0.5) is 5.69 Å². The summed E-state index contributed by atoms with van der Waals surface area (Å²) < 4.78 is 0. The fourth-order valence-electron chi connectivity index (χ4n) is 7.87. The molecule has 5 aromatic carbocycles. The predicted molar refractivity (Wildman–Crippen MR) is 187 cm³/mol. The second-order valence-corrected chi connectivity index (χ2v) is 16.1. The number of rotatable bonds is 6.